The average molecular weight is 400 g/mol. The number of nitrogens with zero attached hydrogens (tertiary/aromatic N) is 1. The minimum Gasteiger partial charge on any atom is -0.321 e. The normalized spacial score (nSPS) is 19.8. The number of aromatic nitrogens is 1. The lowest BCUT2D eigenvalue weighted by atomic mass is 9.97. The van der Waals surface area contributed by atoms with E-state index in [0.717, 1.165) is 6.42 Å². The second kappa shape index (κ2) is 6.00. The first-order chi connectivity index (χ1) is 12.8. The van der Waals surface area contributed by atoms with E-state index in [1.54, 1.807) is 0 Å². The highest BCUT2D eigenvalue weighted by Crippen LogP contribution is 2.43. The smallest absolute Gasteiger partial charge is 0.122 e. The Balaban J connectivity index is 1.67. The molecule has 0 saturated heterocycles. The number of alkyl halides is 1. The van der Waals surface area contributed by atoms with Crippen LogP contribution in [0.5, 0.6) is 0 Å². The van der Waals surface area contributed by atoms with Gasteiger partial charge < -0.3 is 4.57 Å². The monoisotopic (exact) mass is 399 g/mol. The van der Waals surface area contributed by atoms with Gasteiger partial charge in [0.1, 0.15) is 4.45 Å². The Labute approximate surface area is 161 Å². The molecule has 0 saturated carbocycles. The van der Waals surface area contributed by atoms with Crippen molar-refractivity contribution in [1.29, 1.82) is 0 Å². The van der Waals surface area contributed by atoms with Gasteiger partial charge in [-0.1, -0.05) is 94.8 Å². The highest BCUT2D eigenvalue weighted by atomic mass is 79.9. The lowest BCUT2D eigenvalue weighted by molar-refractivity contribution is 0.599. The van der Waals surface area contributed by atoms with Crippen LogP contribution in [0.25, 0.3) is 27.4 Å². The maximum absolute atomic E-state index is 4.06. The average Bonchev–Trinajstić information content (AvgIpc) is 3.04. The predicted molar refractivity (Wildman–Crippen MR) is 115 cm³/mol. The maximum Gasteiger partial charge on any atom is 0.122 e. The quantitative estimate of drug-likeness (QED) is 0.323. The number of allylic oxidation sites excluding steroid dienone is 4. The molecule has 26 heavy (non-hydrogen) atoms. The van der Waals surface area contributed by atoms with Crippen LogP contribution in [0.3, 0.4) is 0 Å². The Morgan fingerprint density at radius 2 is 1.31 bits per heavy atom. The van der Waals surface area contributed by atoms with Crippen LogP contribution in [-0.2, 0) is 4.45 Å². The molecule has 0 spiro atoms. The highest BCUT2D eigenvalue weighted by molar-refractivity contribution is 9.09. The fourth-order valence-electron chi connectivity index (χ4n) is 3.94. The van der Waals surface area contributed by atoms with Crippen LogP contribution >= 0.6 is 15.9 Å². The van der Waals surface area contributed by atoms with E-state index in [0.29, 0.717) is 0 Å². The van der Waals surface area contributed by atoms with Crippen molar-refractivity contribution in [1.82, 2.24) is 4.57 Å². The van der Waals surface area contributed by atoms with Gasteiger partial charge in [0, 0.05) is 17.2 Å². The standard InChI is InChI=1S/C24H18BrN/c25-24(16-14-19(15-17-24)18-8-2-1-3-9-18)26-22-12-6-4-10-20(22)21-11-5-7-13-23(21)26/h1-16H,17H2/t24-/m0/s1. The second-order valence-electron chi connectivity index (χ2n) is 6.75. The van der Waals surface area contributed by atoms with E-state index in [1.807, 2.05) is 0 Å². The molecule has 1 atom stereocenters. The van der Waals surface area contributed by atoms with Crippen LogP contribution < -0.4 is 0 Å². The van der Waals surface area contributed by atoms with Gasteiger partial charge in [-0.2, -0.15) is 0 Å². The molecular weight excluding hydrogens is 382 g/mol. The molecule has 1 nitrogen and oxygen atoms in total. The summed E-state index contributed by atoms with van der Waals surface area (Å²) in [6, 6.07) is 27.9. The number of rotatable bonds is 2. The zero-order valence-corrected chi connectivity index (χ0v) is 15.9. The first-order valence-corrected chi connectivity index (χ1v) is 9.68. The zero-order chi connectivity index (χ0) is 17.6. The lowest BCUT2D eigenvalue weighted by Gasteiger charge is -2.30. The summed E-state index contributed by atoms with van der Waals surface area (Å²) in [5.41, 5.74) is 5.06. The molecule has 0 bridgehead atoms. The van der Waals surface area contributed by atoms with Crippen molar-refractivity contribution >= 4 is 43.3 Å². The van der Waals surface area contributed by atoms with Crippen molar-refractivity contribution in [2.24, 2.45) is 0 Å². The van der Waals surface area contributed by atoms with Gasteiger partial charge in [-0.15, -0.1) is 0 Å². The van der Waals surface area contributed by atoms with Crippen LogP contribution in [0.1, 0.15) is 12.0 Å². The molecule has 1 aliphatic rings. The van der Waals surface area contributed by atoms with Gasteiger partial charge in [-0.3, -0.25) is 0 Å². The molecule has 0 amide bonds. The first kappa shape index (κ1) is 15.7. The third-order valence-electron chi connectivity index (χ3n) is 5.19. The number of halogens is 1. The van der Waals surface area contributed by atoms with Crippen LogP contribution in [0.15, 0.2) is 97.1 Å². The van der Waals surface area contributed by atoms with E-state index in [-0.39, 0.29) is 4.45 Å². The van der Waals surface area contributed by atoms with Gasteiger partial charge in [0.2, 0.25) is 0 Å². The Morgan fingerprint density at radius 1 is 0.731 bits per heavy atom. The molecule has 4 aromatic rings. The van der Waals surface area contributed by atoms with E-state index in [1.165, 1.54) is 32.9 Å². The Bertz CT molecular complexity index is 1110. The van der Waals surface area contributed by atoms with Gasteiger partial charge in [0.15, 0.2) is 0 Å². The second-order valence-corrected chi connectivity index (χ2v) is 8.12. The fourth-order valence-corrected chi connectivity index (χ4v) is 4.62. The predicted octanol–water partition coefficient (Wildman–Crippen LogP) is 6.89. The van der Waals surface area contributed by atoms with Gasteiger partial charge in [0.05, 0.1) is 11.0 Å². The van der Waals surface area contributed by atoms with Gasteiger partial charge in [-0.05, 0) is 29.3 Å². The largest absolute Gasteiger partial charge is 0.321 e. The van der Waals surface area contributed by atoms with Crippen molar-refractivity contribution in [3.8, 4) is 0 Å². The van der Waals surface area contributed by atoms with Crippen LogP contribution in [0.2, 0.25) is 0 Å². The van der Waals surface area contributed by atoms with Gasteiger partial charge in [0.25, 0.3) is 0 Å². The van der Waals surface area contributed by atoms with Crippen molar-refractivity contribution in [2.45, 2.75) is 10.9 Å². The molecular formula is C24H18BrN. The van der Waals surface area contributed by atoms with Crippen LogP contribution in [0.4, 0.5) is 0 Å². The molecule has 5 rings (SSSR count). The topological polar surface area (TPSA) is 4.93 Å². The Hall–Kier alpha value is -2.58. The zero-order valence-electron chi connectivity index (χ0n) is 14.3. The Morgan fingerprint density at radius 3 is 1.88 bits per heavy atom. The van der Waals surface area contributed by atoms with E-state index < -0.39 is 0 Å². The number of benzene rings is 3. The summed E-state index contributed by atoms with van der Waals surface area (Å²) in [5.74, 6) is 0. The highest BCUT2D eigenvalue weighted by Gasteiger charge is 2.30. The summed E-state index contributed by atoms with van der Waals surface area (Å²) in [5, 5.41) is 2.60. The van der Waals surface area contributed by atoms with Crippen LogP contribution in [0, 0.1) is 0 Å². The van der Waals surface area contributed by atoms with Crippen molar-refractivity contribution in [3.63, 3.8) is 0 Å². The first-order valence-electron chi connectivity index (χ1n) is 8.89. The molecule has 3 aromatic carbocycles. The Kier molecular flexibility index (Phi) is 3.61. The SMILES string of the molecule is Br[C@]1(n2c3ccccc3c3ccccc32)C=CC(c2ccccc2)=CC1. The molecule has 0 fully saturated rings. The molecule has 0 radical (unpaired) electrons. The third-order valence-corrected chi connectivity index (χ3v) is 6.13. The molecule has 0 N–H and O–H groups in total. The minimum atomic E-state index is -0.256. The van der Waals surface area contributed by atoms with Crippen LogP contribution in [-0.4, -0.2) is 4.57 Å². The number of hydrogen-bond donors (Lipinski definition) is 0. The van der Waals surface area contributed by atoms with Gasteiger partial charge >= 0.3 is 0 Å². The molecule has 0 aliphatic heterocycles. The van der Waals surface area contributed by atoms with Crippen molar-refractivity contribution in [3.05, 3.63) is 103 Å². The lowest BCUT2D eigenvalue weighted by Crippen LogP contribution is -2.24. The molecule has 1 heterocycles. The summed E-state index contributed by atoms with van der Waals surface area (Å²) < 4.78 is 2.17. The van der Waals surface area contributed by atoms with E-state index in [2.05, 4.69) is 118 Å². The summed E-state index contributed by atoms with van der Waals surface area (Å²) in [4.78, 5) is 0. The molecule has 2 heteroatoms. The van der Waals surface area contributed by atoms with E-state index in [4.69, 9.17) is 0 Å². The van der Waals surface area contributed by atoms with E-state index in [9.17, 15) is 0 Å². The fraction of sp³-hybridized carbons (Fsp3) is 0.0833. The number of fused-ring (bicyclic) bond motifs is 3. The van der Waals surface area contributed by atoms with Crippen molar-refractivity contribution in [2.75, 3.05) is 0 Å². The molecule has 1 aromatic heterocycles. The number of hydrogen-bond acceptors (Lipinski definition) is 0. The summed E-state index contributed by atoms with van der Waals surface area (Å²) >= 11 is 4.06. The summed E-state index contributed by atoms with van der Waals surface area (Å²) in [6.45, 7) is 0. The number of para-hydroxylation sites is 2. The third kappa shape index (κ3) is 2.37. The minimum absolute atomic E-state index is 0.256. The van der Waals surface area contributed by atoms with Gasteiger partial charge in [-0.25, -0.2) is 0 Å². The van der Waals surface area contributed by atoms with E-state index >= 15 is 0 Å². The molecule has 0 unspecified atom stereocenters. The van der Waals surface area contributed by atoms with Crippen molar-refractivity contribution < 1.29 is 0 Å². The molecule has 126 valence electrons. The summed E-state index contributed by atoms with van der Waals surface area (Å²) in [7, 11) is 0. The maximum atomic E-state index is 4.06. The molecule has 1 aliphatic carbocycles. The summed E-state index contributed by atoms with van der Waals surface area (Å²) in [6.07, 6.45) is 7.75.